The number of nitrogens with zero attached hydrogens (tertiary/aromatic N) is 2. The second kappa shape index (κ2) is 4.76. The van der Waals surface area contributed by atoms with Crippen molar-refractivity contribution in [1.29, 1.82) is 0 Å². The van der Waals surface area contributed by atoms with Gasteiger partial charge in [0.1, 0.15) is 0 Å². The van der Waals surface area contributed by atoms with Crippen molar-refractivity contribution in [3.05, 3.63) is 18.2 Å². The van der Waals surface area contributed by atoms with Crippen LogP contribution in [0, 0.1) is 0 Å². The average Bonchev–Trinajstić information content (AvgIpc) is 2.51. The Morgan fingerprint density at radius 1 is 1.79 bits per heavy atom. The van der Waals surface area contributed by atoms with E-state index in [4.69, 9.17) is 10.8 Å². The van der Waals surface area contributed by atoms with Crippen LogP contribution in [0.5, 0.6) is 0 Å². The lowest BCUT2D eigenvalue weighted by Crippen LogP contribution is -2.18. The third kappa shape index (κ3) is 2.56. The molecule has 5 nitrogen and oxygen atoms in total. The smallest absolute Gasteiger partial charge is 0.305 e. The standard InChI is InChI=1S/C9H15N3O2/c1-2-3-12-6-11-5-8(12)7(10)4-9(13)14/h5-7H,2-4,10H2,1H3,(H,13,14)/t7-/m1/s1. The van der Waals surface area contributed by atoms with Gasteiger partial charge in [0.25, 0.3) is 0 Å². The van der Waals surface area contributed by atoms with Crippen molar-refractivity contribution in [2.24, 2.45) is 5.73 Å². The van der Waals surface area contributed by atoms with Crippen LogP contribution >= 0.6 is 0 Å². The summed E-state index contributed by atoms with van der Waals surface area (Å²) in [5.41, 5.74) is 6.52. The van der Waals surface area contributed by atoms with E-state index in [-0.39, 0.29) is 6.42 Å². The molecule has 0 fully saturated rings. The Morgan fingerprint density at radius 2 is 2.50 bits per heavy atom. The number of hydrogen-bond donors (Lipinski definition) is 2. The van der Waals surface area contributed by atoms with Gasteiger partial charge in [-0.05, 0) is 6.42 Å². The molecule has 0 radical (unpaired) electrons. The summed E-state index contributed by atoms with van der Waals surface area (Å²) in [5.74, 6) is -0.887. The van der Waals surface area contributed by atoms with E-state index in [0.717, 1.165) is 18.7 Å². The molecule has 0 aliphatic carbocycles. The Kier molecular flexibility index (Phi) is 3.64. The van der Waals surface area contributed by atoms with Crippen LogP contribution in [0.4, 0.5) is 0 Å². The van der Waals surface area contributed by atoms with Gasteiger partial charge in [0.05, 0.1) is 24.5 Å². The Morgan fingerprint density at radius 3 is 3.07 bits per heavy atom. The molecule has 0 saturated heterocycles. The first kappa shape index (κ1) is 10.7. The number of aromatic nitrogens is 2. The molecule has 1 atom stereocenters. The quantitative estimate of drug-likeness (QED) is 0.730. The maximum atomic E-state index is 10.5. The van der Waals surface area contributed by atoms with Crippen LogP contribution in [0.1, 0.15) is 31.5 Å². The van der Waals surface area contributed by atoms with Crippen LogP contribution in [0.3, 0.4) is 0 Å². The first-order chi connectivity index (χ1) is 6.65. The van der Waals surface area contributed by atoms with Gasteiger partial charge in [0.15, 0.2) is 0 Å². The van der Waals surface area contributed by atoms with Gasteiger partial charge in [-0.1, -0.05) is 6.92 Å². The van der Waals surface area contributed by atoms with Crippen molar-refractivity contribution in [2.45, 2.75) is 32.4 Å². The van der Waals surface area contributed by atoms with Gasteiger partial charge in [-0.2, -0.15) is 0 Å². The predicted molar refractivity (Wildman–Crippen MR) is 51.7 cm³/mol. The van der Waals surface area contributed by atoms with Gasteiger partial charge in [-0.3, -0.25) is 4.79 Å². The predicted octanol–water partition coefficient (Wildman–Crippen LogP) is 0.768. The van der Waals surface area contributed by atoms with Crippen LogP contribution in [-0.4, -0.2) is 20.6 Å². The first-order valence-corrected chi connectivity index (χ1v) is 4.62. The molecule has 3 N–H and O–H groups in total. The summed E-state index contributed by atoms with van der Waals surface area (Å²) in [6, 6.07) is -0.471. The van der Waals surface area contributed by atoms with Gasteiger partial charge in [0.2, 0.25) is 0 Å². The summed E-state index contributed by atoms with van der Waals surface area (Å²) >= 11 is 0. The number of imidazole rings is 1. The zero-order valence-electron chi connectivity index (χ0n) is 8.18. The highest BCUT2D eigenvalue weighted by Crippen LogP contribution is 2.13. The van der Waals surface area contributed by atoms with Crippen molar-refractivity contribution >= 4 is 5.97 Å². The largest absolute Gasteiger partial charge is 0.481 e. The van der Waals surface area contributed by atoms with Crippen molar-refractivity contribution in [1.82, 2.24) is 9.55 Å². The minimum Gasteiger partial charge on any atom is -0.481 e. The van der Waals surface area contributed by atoms with Crippen LogP contribution in [0.25, 0.3) is 0 Å². The number of carbonyl (C=O) groups is 1. The van der Waals surface area contributed by atoms with E-state index in [0.29, 0.717) is 0 Å². The molecule has 1 aromatic rings. The fraction of sp³-hybridized carbons (Fsp3) is 0.556. The van der Waals surface area contributed by atoms with Crippen LogP contribution in [0.15, 0.2) is 12.5 Å². The fourth-order valence-electron chi connectivity index (χ4n) is 1.36. The van der Waals surface area contributed by atoms with E-state index >= 15 is 0 Å². The third-order valence-corrected chi connectivity index (χ3v) is 1.98. The number of carboxylic acid groups (broad SMARTS) is 1. The van der Waals surface area contributed by atoms with Gasteiger partial charge < -0.3 is 15.4 Å². The highest BCUT2D eigenvalue weighted by atomic mass is 16.4. The van der Waals surface area contributed by atoms with E-state index in [1.807, 2.05) is 11.5 Å². The highest BCUT2D eigenvalue weighted by molar-refractivity contribution is 5.67. The lowest BCUT2D eigenvalue weighted by Gasteiger charge is -2.11. The Bertz CT molecular complexity index is 309. The third-order valence-electron chi connectivity index (χ3n) is 1.98. The maximum absolute atomic E-state index is 10.5. The summed E-state index contributed by atoms with van der Waals surface area (Å²) < 4.78 is 1.90. The fourth-order valence-corrected chi connectivity index (χ4v) is 1.36. The van der Waals surface area contributed by atoms with E-state index < -0.39 is 12.0 Å². The van der Waals surface area contributed by atoms with Gasteiger partial charge in [-0.25, -0.2) is 4.98 Å². The van der Waals surface area contributed by atoms with Crippen LogP contribution in [0.2, 0.25) is 0 Å². The molecule has 0 unspecified atom stereocenters. The molecule has 5 heteroatoms. The van der Waals surface area contributed by atoms with E-state index in [1.54, 1.807) is 12.5 Å². The average molecular weight is 197 g/mol. The Balaban J connectivity index is 2.72. The van der Waals surface area contributed by atoms with Gasteiger partial charge in [0, 0.05) is 12.7 Å². The normalized spacial score (nSPS) is 12.7. The van der Waals surface area contributed by atoms with Gasteiger partial charge >= 0.3 is 5.97 Å². The number of carboxylic acids is 1. The Labute approximate surface area is 82.6 Å². The summed E-state index contributed by atoms with van der Waals surface area (Å²) in [5, 5.41) is 8.59. The minimum absolute atomic E-state index is 0.0601. The molecule has 0 amide bonds. The summed E-state index contributed by atoms with van der Waals surface area (Å²) in [4.78, 5) is 14.4. The second-order valence-electron chi connectivity index (χ2n) is 3.22. The Hall–Kier alpha value is -1.36. The summed E-state index contributed by atoms with van der Waals surface area (Å²) in [6.07, 6.45) is 4.22. The number of rotatable bonds is 5. The molecule has 0 aliphatic rings. The number of aryl methyl sites for hydroxylation is 1. The molecule has 1 rings (SSSR count). The first-order valence-electron chi connectivity index (χ1n) is 4.62. The van der Waals surface area contributed by atoms with Gasteiger partial charge in [-0.15, -0.1) is 0 Å². The molecule has 1 heterocycles. The summed E-state index contributed by atoms with van der Waals surface area (Å²) in [7, 11) is 0. The molecule has 78 valence electrons. The van der Waals surface area contributed by atoms with E-state index in [1.165, 1.54) is 0 Å². The zero-order valence-corrected chi connectivity index (χ0v) is 8.18. The monoisotopic (exact) mass is 197 g/mol. The maximum Gasteiger partial charge on any atom is 0.305 e. The molecule has 14 heavy (non-hydrogen) atoms. The van der Waals surface area contributed by atoms with Crippen molar-refractivity contribution in [3.8, 4) is 0 Å². The molecule has 0 saturated carbocycles. The molecule has 0 bridgehead atoms. The molecule has 0 aliphatic heterocycles. The molecule has 1 aromatic heterocycles. The second-order valence-corrected chi connectivity index (χ2v) is 3.22. The lowest BCUT2D eigenvalue weighted by molar-refractivity contribution is -0.137. The number of hydrogen-bond acceptors (Lipinski definition) is 3. The van der Waals surface area contributed by atoms with E-state index in [9.17, 15) is 4.79 Å². The highest BCUT2D eigenvalue weighted by Gasteiger charge is 2.14. The van der Waals surface area contributed by atoms with Crippen LogP contribution in [-0.2, 0) is 11.3 Å². The molecule has 0 aromatic carbocycles. The zero-order chi connectivity index (χ0) is 10.6. The number of nitrogens with two attached hydrogens (primary N) is 1. The summed E-state index contributed by atoms with van der Waals surface area (Å²) in [6.45, 7) is 2.87. The van der Waals surface area contributed by atoms with E-state index in [2.05, 4.69) is 4.98 Å². The number of aliphatic carboxylic acids is 1. The topological polar surface area (TPSA) is 81.1 Å². The SMILES string of the molecule is CCCn1cncc1[C@H](N)CC(=O)O. The van der Waals surface area contributed by atoms with Crippen LogP contribution < -0.4 is 5.73 Å². The lowest BCUT2D eigenvalue weighted by atomic mass is 10.1. The minimum atomic E-state index is -0.887. The molecular formula is C9H15N3O2. The molecular weight excluding hydrogens is 182 g/mol. The molecule has 0 spiro atoms. The van der Waals surface area contributed by atoms with Crippen molar-refractivity contribution in [3.63, 3.8) is 0 Å². The van der Waals surface area contributed by atoms with Crippen molar-refractivity contribution in [2.75, 3.05) is 0 Å². The van der Waals surface area contributed by atoms with Crippen molar-refractivity contribution < 1.29 is 9.90 Å².